The fourth-order valence-corrected chi connectivity index (χ4v) is 2.00. The lowest BCUT2D eigenvalue weighted by molar-refractivity contribution is -0.142. The van der Waals surface area contributed by atoms with Crippen LogP contribution in [0.4, 0.5) is 0 Å². The van der Waals surface area contributed by atoms with Crippen molar-refractivity contribution < 1.29 is 19.0 Å². The standard InChI is InChI=1S/C16H25NO4/c1-4-21-16(18)9-11-17-10-5-6-13-7-8-14(19-2)15(12-13)20-3/h7-8,12,17H,4-6,9-11H2,1-3H3. The molecule has 1 aromatic carbocycles. The van der Waals surface area contributed by atoms with Crippen molar-refractivity contribution in [2.75, 3.05) is 33.9 Å². The van der Waals surface area contributed by atoms with Crippen molar-refractivity contribution in [3.05, 3.63) is 23.8 Å². The molecule has 0 aliphatic carbocycles. The molecule has 0 amide bonds. The zero-order chi connectivity index (χ0) is 15.5. The summed E-state index contributed by atoms with van der Waals surface area (Å²) in [4.78, 5) is 11.1. The van der Waals surface area contributed by atoms with E-state index in [9.17, 15) is 4.79 Å². The summed E-state index contributed by atoms with van der Waals surface area (Å²) in [5.41, 5.74) is 1.21. The van der Waals surface area contributed by atoms with Gasteiger partial charge in [0.15, 0.2) is 11.5 Å². The zero-order valence-electron chi connectivity index (χ0n) is 13.1. The molecule has 0 saturated carbocycles. The van der Waals surface area contributed by atoms with Crippen LogP contribution in [0.1, 0.15) is 25.3 Å². The molecule has 21 heavy (non-hydrogen) atoms. The van der Waals surface area contributed by atoms with E-state index >= 15 is 0 Å². The fraction of sp³-hybridized carbons (Fsp3) is 0.562. The Kier molecular flexibility index (Phi) is 8.28. The maximum atomic E-state index is 11.1. The monoisotopic (exact) mass is 295 g/mol. The number of aryl methyl sites for hydroxylation is 1. The second-order valence-corrected chi connectivity index (χ2v) is 4.60. The highest BCUT2D eigenvalue weighted by molar-refractivity contribution is 5.69. The smallest absolute Gasteiger partial charge is 0.307 e. The zero-order valence-corrected chi connectivity index (χ0v) is 13.1. The van der Waals surface area contributed by atoms with Gasteiger partial charge in [0.2, 0.25) is 0 Å². The van der Waals surface area contributed by atoms with Crippen LogP contribution in [-0.2, 0) is 16.0 Å². The molecule has 0 aromatic heterocycles. The molecule has 0 aliphatic rings. The molecular weight excluding hydrogens is 270 g/mol. The number of hydrogen-bond acceptors (Lipinski definition) is 5. The quantitative estimate of drug-likeness (QED) is 0.529. The Morgan fingerprint density at radius 3 is 2.57 bits per heavy atom. The van der Waals surface area contributed by atoms with E-state index in [1.807, 2.05) is 25.1 Å². The van der Waals surface area contributed by atoms with Gasteiger partial charge in [0.05, 0.1) is 27.2 Å². The van der Waals surface area contributed by atoms with Crippen molar-refractivity contribution in [3.8, 4) is 11.5 Å². The molecule has 0 unspecified atom stereocenters. The normalized spacial score (nSPS) is 10.2. The van der Waals surface area contributed by atoms with Gasteiger partial charge in [-0.2, -0.15) is 0 Å². The molecule has 1 N–H and O–H groups in total. The predicted octanol–water partition coefficient (Wildman–Crippen LogP) is 2.18. The number of benzene rings is 1. The van der Waals surface area contributed by atoms with Gasteiger partial charge in [0.25, 0.3) is 0 Å². The van der Waals surface area contributed by atoms with Gasteiger partial charge < -0.3 is 19.5 Å². The lowest BCUT2D eigenvalue weighted by atomic mass is 10.1. The van der Waals surface area contributed by atoms with Crippen molar-refractivity contribution in [1.82, 2.24) is 5.32 Å². The van der Waals surface area contributed by atoms with Crippen LogP contribution in [0.15, 0.2) is 18.2 Å². The van der Waals surface area contributed by atoms with Crippen LogP contribution in [0.25, 0.3) is 0 Å². The van der Waals surface area contributed by atoms with E-state index in [-0.39, 0.29) is 5.97 Å². The average molecular weight is 295 g/mol. The van der Waals surface area contributed by atoms with Gasteiger partial charge in [-0.25, -0.2) is 0 Å². The highest BCUT2D eigenvalue weighted by Gasteiger charge is 2.04. The molecule has 118 valence electrons. The van der Waals surface area contributed by atoms with E-state index in [1.165, 1.54) is 5.56 Å². The van der Waals surface area contributed by atoms with Gasteiger partial charge in [-0.3, -0.25) is 4.79 Å². The molecule has 5 heteroatoms. The topological polar surface area (TPSA) is 56.8 Å². The van der Waals surface area contributed by atoms with E-state index in [1.54, 1.807) is 14.2 Å². The minimum atomic E-state index is -0.148. The summed E-state index contributed by atoms with van der Waals surface area (Å²) in [6.45, 7) is 3.78. The third-order valence-electron chi connectivity index (χ3n) is 3.08. The highest BCUT2D eigenvalue weighted by Crippen LogP contribution is 2.27. The first-order chi connectivity index (χ1) is 10.2. The molecular formula is C16H25NO4. The first kappa shape index (κ1) is 17.3. The van der Waals surface area contributed by atoms with E-state index in [0.717, 1.165) is 30.9 Å². The fourth-order valence-electron chi connectivity index (χ4n) is 2.00. The first-order valence-electron chi connectivity index (χ1n) is 7.28. The summed E-state index contributed by atoms with van der Waals surface area (Å²) in [6, 6.07) is 5.96. The number of esters is 1. The number of carbonyl (C=O) groups is 1. The van der Waals surface area contributed by atoms with Gasteiger partial charge in [-0.15, -0.1) is 0 Å². The third-order valence-corrected chi connectivity index (χ3v) is 3.08. The molecule has 0 aliphatic heterocycles. The lowest BCUT2D eigenvalue weighted by Gasteiger charge is -2.09. The maximum Gasteiger partial charge on any atom is 0.307 e. The molecule has 0 spiro atoms. The van der Waals surface area contributed by atoms with Crippen molar-refractivity contribution in [3.63, 3.8) is 0 Å². The van der Waals surface area contributed by atoms with Crippen molar-refractivity contribution >= 4 is 5.97 Å². The molecule has 1 rings (SSSR count). The number of hydrogen-bond donors (Lipinski definition) is 1. The summed E-state index contributed by atoms with van der Waals surface area (Å²) >= 11 is 0. The Balaban J connectivity index is 2.22. The average Bonchev–Trinajstić information content (AvgIpc) is 2.50. The van der Waals surface area contributed by atoms with Crippen LogP contribution in [0.3, 0.4) is 0 Å². The van der Waals surface area contributed by atoms with Gasteiger partial charge in [-0.05, 0) is 44.0 Å². The maximum absolute atomic E-state index is 11.1. The molecule has 1 aromatic rings. The van der Waals surface area contributed by atoms with Crippen LogP contribution in [-0.4, -0.2) is 39.9 Å². The molecule has 0 atom stereocenters. The summed E-state index contributed by atoms with van der Waals surface area (Å²) in [6.07, 6.45) is 2.37. The summed E-state index contributed by atoms with van der Waals surface area (Å²) < 4.78 is 15.3. The van der Waals surface area contributed by atoms with E-state index in [0.29, 0.717) is 19.6 Å². The van der Waals surface area contributed by atoms with Crippen LogP contribution >= 0.6 is 0 Å². The highest BCUT2D eigenvalue weighted by atomic mass is 16.5. The second-order valence-electron chi connectivity index (χ2n) is 4.60. The molecule has 5 nitrogen and oxygen atoms in total. The third kappa shape index (κ3) is 6.49. The molecule has 0 bridgehead atoms. The Labute approximate surface area is 126 Å². The van der Waals surface area contributed by atoms with E-state index < -0.39 is 0 Å². The van der Waals surface area contributed by atoms with Crippen LogP contribution < -0.4 is 14.8 Å². The van der Waals surface area contributed by atoms with Crippen LogP contribution in [0, 0.1) is 0 Å². The minimum absolute atomic E-state index is 0.148. The van der Waals surface area contributed by atoms with Gasteiger partial charge >= 0.3 is 5.97 Å². The summed E-state index contributed by atoms with van der Waals surface area (Å²) in [7, 11) is 3.27. The number of ether oxygens (including phenoxy) is 3. The predicted molar refractivity (Wildman–Crippen MR) is 82.0 cm³/mol. The first-order valence-corrected chi connectivity index (χ1v) is 7.28. The Hall–Kier alpha value is -1.75. The van der Waals surface area contributed by atoms with Crippen LogP contribution in [0.2, 0.25) is 0 Å². The van der Waals surface area contributed by atoms with Gasteiger partial charge in [0, 0.05) is 6.54 Å². The van der Waals surface area contributed by atoms with Crippen molar-refractivity contribution in [2.45, 2.75) is 26.2 Å². The Morgan fingerprint density at radius 1 is 1.14 bits per heavy atom. The van der Waals surface area contributed by atoms with Gasteiger partial charge in [0.1, 0.15) is 0 Å². The lowest BCUT2D eigenvalue weighted by Crippen LogP contribution is -2.20. The molecule has 0 fully saturated rings. The minimum Gasteiger partial charge on any atom is -0.493 e. The van der Waals surface area contributed by atoms with E-state index in [4.69, 9.17) is 14.2 Å². The number of carbonyl (C=O) groups excluding carboxylic acids is 1. The Morgan fingerprint density at radius 2 is 1.90 bits per heavy atom. The Bertz CT molecular complexity index is 434. The summed E-state index contributed by atoms with van der Waals surface area (Å²) in [5, 5.41) is 3.24. The molecule has 0 heterocycles. The van der Waals surface area contributed by atoms with E-state index in [2.05, 4.69) is 5.32 Å². The SMILES string of the molecule is CCOC(=O)CCNCCCc1ccc(OC)c(OC)c1. The second kappa shape index (κ2) is 10.0. The summed E-state index contributed by atoms with van der Waals surface area (Å²) in [5.74, 6) is 1.35. The number of nitrogens with one attached hydrogen (secondary N) is 1. The van der Waals surface area contributed by atoms with Gasteiger partial charge in [-0.1, -0.05) is 6.07 Å². The largest absolute Gasteiger partial charge is 0.493 e. The number of rotatable bonds is 10. The molecule has 0 radical (unpaired) electrons. The molecule has 0 saturated heterocycles. The van der Waals surface area contributed by atoms with Crippen LogP contribution in [0.5, 0.6) is 11.5 Å². The van der Waals surface area contributed by atoms with Crippen molar-refractivity contribution in [2.24, 2.45) is 0 Å². The number of methoxy groups -OCH3 is 2. The van der Waals surface area contributed by atoms with Crippen molar-refractivity contribution in [1.29, 1.82) is 0 Å².